The van der Waals surface area contributed by atoms with Gasteiger partial charge in [-0.2, -0.15) is 0 Å². The molecule has 0 amide bonds. The van der Waals surface area contributed by atoms with E-state index in [1.54, 1.807) is 0 Å². The summed E-state index contributed by atoms with van der Waals surface area (Å²) in [4.78, 5) is 10.2. The number of hydrogen-bond donors (Lipinski definition) is 1. The lowest BCUT2D eigenvalue weighted by atomic mass is 9.90. The van der Waals surface area contributed by atoms with Gasteiger partial charge in [0.05, 0.1) is 9.30 Å². The van der Waals surface area contributed by atoms with Gasteiger partial charge in [-0.05, 0) is 18.8 Å². The van der Waals surface area contributed by atoms with Gasteiger partial charge in [0, 0.05) is 0 Å². The molecule has 0 spiro atoms. The van der Waals surface area contributed by atoms with Gasteiger partial charge < -0.3 is 9.84 Å². The fourth-order valence-electron chi connectivity index (χ4n) is 1.44. The lowest BCUT2D eigenvalue weighted by molar-refractivity contribution is -0.142. The van der Waals surface area contributed by atoms with E-state index < -0.39 is 19.1 Å². The molecule has 12 heavy (non-hydrogen) atoms. The van der Waals surface area contributed by atoms with E-state index in [0.29, 0.717) is 0 Å². The van der Waals surface area contributed by atoms with Gasteiger partial charge in [-0.3, -0.25) is 0 Å². The Bertz CT molecular complexity index is 200. The van der Waals surface area contributed by atoms with Crippen molar-refractivity contribution < 1.29 is 17.4 Å². The van der Waals surface area contributed by atoms with Gasteiger partial charge in [-0.25, -0.2) is 4.79 Å². The molecule has 1 saturated carbocycles. The highest BCUT2D eigenvalue weighted by molar-refractivity contribution is 5.67. The maximum Gasteiger partial charge on any atom is 0.329 e. The molecule has 70 valence electrons. The first-order valence-electron chi connectivity index (χ1n) is 5.38. The van der Waals surface area contributed by atoms with E-state index in [1.165, 1.54) is 0 Å². The van der Waals surface area contributed by atoms with Crippen molar-refractivity contribution in [2.45, 2.75) is 32.1 Å². The highest BCUT2D eigenvalue weighted by atomic mass is 16.5. The molecule has 1 rings (SSSR count). The highest BCUT2D eigenvalue weighted by Crippen LogP contribution is 2.23. The fraction of sp³-hybridized carbons (Fsp3) is 0.889. The maximum absolute atomic E-state index is 10.2. The molecule has 0 atom stereocenters. The molecule has 1 aliphatic rings. The van der Waals surface area contributed by atoms with Gasteiger partial charge >= 0.3 is 5.97 Å². The van der Waals surface area contributed by atoms with Crippen LogP contribution in [0.5, 0.6) is 0 Å². The standard InChI is InChI=1S/C9H16O3/c10-9(11)7-12-6-8-4-2-1-3-5-8/h8H,1-7H2,(H,10,11)/i6D2. The van der Waals surface area contributed by atoms with Crippen molar-refractivity contribution in [2.75, 3.05) is 13.2 Å². The van der Waals surface area contributed by atoms with Gasteiger partial charge in [0.25, 0.3) is 0 Å². The molecule has 1 N–H and O–H groups in total. The van der Waals surface area contributed by atoms with Crippen molar-refractivity contribution in [1.82, 2.24) is 0 Å². The van der Waals surface area contributed by atoms with Gasteiger partial charge in [0.2, 0.25) is 0 Å². The predicted molar refractivity (Wildman–Crippen MR) is 45.0 cm³/mol. The van der Waals surface area contributed by atoms with Crippen LogP contribution >= 0.6 is 0 Å². The smallest absolute Gasteiger partial charge is 0.329 e. The minimum atomic E-state index is -1.78. The normalized spacial score (nSPS) is 23.0. The highest BCUT2D eigenvalue weighted by Gasteiger charge is 2.13. The fourth-order valence-corrected chi connectivity index (χ4v) is 1.44. The van der Waals surface area contributed by atoms with Crippen LogP contribution in [0.2, 0.25) is 0 Å². The molecular weight excluding hydrogens is 156 g/mol. The Morgan fingerprint density at radius 2 is 2.17 bits per heavy atom. The first kappa shape index (κ1) is 6.89. The van der Waals surface area contributed by atoms with E-state index >= 15 is 0 Å². The van der Waals surface area contributed by atoms with Crippen LogP contribution in [0.25, 0.3) is 0 Å². The van der Waals surface area contributed by atoms with Crippen LogP contribution in [0.1, 0.15) is 34.8 Å². The topological polar surface area (TPSA) is 46.5 Å². The molecule has 0 unspecified atom stereocenters. The van der Waals surface area contributed by atoms with Crippen LogP contribution in [0.15, 0.2) is 0 Å². The number of carboxylic acid groups (broad SMARTS) is 1. The Labute approximate surface area is 75.5 Å². The van der Waals surface area contributed by atoms with Crippen molar-refractivity contribution in [1.29, 1.82) is 0 Å². The monoisotopic (exact) mass is 174 g/mol. The number of hydrogen-bond acceptors (Lipinski definition) is 2. The van der Waals surface area contributed by atoms with Gasteiger partial charge in [-0.1, -0.05) is 19.3 Å². The van der Waals surface area contributed by atoms with E-state index in [1.807, 2.05) is 0 Å². The molecule has 3 heteroatoms. The number of ether oxygens (including phenoxy) is 1. The summed E-state index contributed by atoms with van der Waals surface area (Å²) in [5.74, 6) is -1.26. The van der Waals surface area contributed by atoms with Crippen molar-refractivity contribution in [3.63, 3.8) is 0 Å². The molecule has 0 aromatic rings. The Kier molecular flexibility index (Phi) is 2.95. The molecule has 0 bridgehead atoms. The molecule has 0 aliphatic heterocycles. The summed E-state index contributed by atoms with van der Waals surface area (Å²) in [6.07, 6.45) is 4.77. The Hall–Kier alpha value is -0.570. The summed E-state index contributed by atoms with van der Waals surface area (Å²) < 4.78 is 20.0. The van der Waals surface area contributed by atoms with Crippen molar-refractivity contribution in [3.05, 3.63) is 0 Å². The lowest BCUT2D eigenvalue weighted by Gasteiger charge is -2.20. The minimum absolute atomic E-state index is 0.143. The third kappa shape index (κ3) is 3.72. The van der Waals surface area contributed by atoms with Crippen LogP contribution in [0.4, 0.5) is 0 Å². The van der Waals surface area contributed by atoms with Crippen molar-refractivity contribution in [3.8, 4) is 0 Å². The molecule has 1 aliphatic carbocycles. The molecule has 0 aromatic carbocycles. The van der Waals surface area contributed by atoms with E-state index in [-0.39, 0.29) is 5.92 Å². The van der Waals surface area contributed by atoms with Crippen molar-refractivity contribution >= 4 is 5.97 Å². The summed E-state index contributed by atoms with van der Waals surface area (Å²) in [7, 11) is 0. The number of carboxylic acids is 1. The minimum Gasteiger partial charge on any atom is -0.480 e. The maximum atomic E-state index is 10.2. The second-order valence-corrected chi connectivity index (χ2v) is 3.14. The summed E-state index contributed by atoms with van der Waals surface area (Å²) in [5.41, 5.74) is 0. The van der Waals surface area contributed by atoms with Crippen LogP contribution in [-0.4, -0.2) is 24.2 Å². The van der Waals surface area contributed by atoms with E-state index in [4.69, 9.17) is 12.6 Å². The van der Waals surface area contributed by atoms with E-state index in [9.17, 15) is 4.79 Å². The summed E-state index contributed by atoms with van der Waals surface area (Å²) in [5, 5.41) is 8.38. The molecule has 0 radical (unpaired) electrons. The van der Waals surface area contributed by atoms with Crippen molar-refractivity contribution in [2.24, 2.45) is 5.92 Å². The Morgan fingerprint density at radius 1 is 1.50 bits per heavy atom. The first-order chi connectivity index (χ1) is 6.52. The average Bonchev–Trinajstić information content (AvgIpc) is 2.16. The third-order valence-corrected chi connectivity index (χ3v) is 2.05. The predicted octanol–water partition coefficient (Wildman–Crippen LogP) is 1.67. The van der Waals surface area contributed by atoms with Gasteiger partial charge in [0.15, 0.2) is 0 Å². The lowest BCUT2D eigenvalue weighted by Crippen LogP contribution is -2.16. The van der Waals surface area contributed by atoms with Crippen LogP contribution in [-0.2, 0) is 9.53 Å². The summed E-state index contributed by atoms with van der Waals surface area (Å²) in [6.45, 7) is -2.33. The molecule has 0 aromatic heterocycles. The molecule has 1 fully saturated rings. The Morgan fingerprint density at radius 3 is 2.75 bits per heavy atom. The molecular formula is C9H16O3. The number of rotatable bonds is 4. The summed E-state index contributed by atoms with van der Waals surface area (Å²) in [6, 6.07) is 0. The van der Waals surface area contributed by atoms with Crippen LogP contribution in [0, 0.1) is 5.92 Å². The first-order valence-corrected chi connectivity index (χ1v) is 4.38. The zero-order valence-corrected chi connectivity index (χ0v) is 7.08. The summed E-state index contributed by atoms with van der Waals surface area (Å²) >= 11 is 0. The largest absolute Gasteiger partial charge is 0.480 e. The SMILES string of the molecule is [2H]C([2H])(OCC(=O)O)C1CCCCC1. The zero-order chi connectivity index (χ0) is 10.6. The Balaban J connectivity index is 2.41. The third-order valence-electron chi connectivity index (χ3n) is 2.05. The average molecular weight is 174 g/mol. The second-order valence-electron chi connectivity index (χ2n) is 3.14. The molecule has 0 saturated heterocycles. The van der Waals surface area contributed by atoms with E-state index in [0.717, 1.165) is 32.1 Å². The van der Waals surface area contributed by atoms with E-state index in [2.05, 4.69) is 0 Å². The zero-order valence-electron chi connectivity index (χ0n) is 9.08. The molecule has 0 heterocycles. The van der Waals surface area contributed by atoms with Gasteiger partial charge in [0.1, 0.15) is 6.61 Å². The second kappa shape index (κ2) is 5.14. The molecule has 3 nitrogen and oxygen atoms in total. The number of aliphatic carboxylic acids is 1. The number of carbonyl (C=O) groups is 1. The van der Waals surface area contributed by atoms with Crippen LogP contribution in [0.3, 0.4) is 0 Å². The quantitative estimate of drug-likeness (QED) is 0.705. The van der Waals surface area contributed by atoms with Crippen LogP contribution < -0.4 is 0 Å². The van der Waals surface area contributed by atoms with Gasteiger partial charge in [-0.15, -0.1) is 0 Å².